The van der Waals surface area contributed by atoms with Crippen molar-refractivity contribution in [2.45, 2.75) is 17.5 Å². The normalized spacial score (nSPS) is 14.2. The summed E-state index contributed by atoms with van der Waals surface area (Å²) in [4.78, 5) is 24.7. The number of aromatic carboxylic acids is 1. The molecule has 3 N–H and O–H groups in total. The van der Waals surface area contributed by atoms with Crippen LogP contribution in [-0.2, 0) is 14.8 Å². The Morgan fingerprint density at radius 2 is 1.59 bits per heavy atom. The highest BCUT2D eigenvalue weighted by atomic mass is 32.2. The zero-order valence-electron chi connectivity index (χ0n) is 19.1. The number of nitriles is 1. The van der Waals surface area contributed by atoms with E-state index in [1.165, 1.54) is 12.1 Å². The van der Waals surface area contributed by atoms with Gasteiger partial charge in [-0.15, -0.1) is 0 Å². The third-order valence-corrected chi connectivity index (χ3v) is 6.50. The fourth-order valence-corrected chi connectivity index (χ4v) is 4.33. The monoisotopic (exact) mass is 546 g/mol. The van der Waals surface area contributed by atoms with Crippen molar-refractivity contribution in [2.24, 2.45) is 0 Å². The van der Waals surface area contributed by atoms with Crippen LogP contribution < -0.4 is 9.62 Å². The summed E-state index contributed by atoms with van der Waals surface area (Å²) in [6.45, 7) is 3.55. The molecule has 0 aliphatic carbocycles. The maximum atomic E-state index is 13.1. The van der Waals surface area contributed by atoms with E-state index in [0.717, 1.165) is 37.4 Å². The molecule has 1 aliphatic heterocycles. The van der Waals surface area contributed by atoms with Crippen molar-refractivity contribution >= 4 is 33.3 Å². The van der Waals surface area contributed by atoms with Gasteiger partial charge in [-0.3, -0.25) is 9.62 Å². The molecule has 2 aromatic carbocycles. The Hall–Kier alpha value is -3.90. The number of sulfonamides is 1. The van der Waals surface area contributed by atoms with Gasteiger partial charge in [0, 0.05) is 44.8 Å². The van der Waals surface area contributed by atoms with E-state index in [-0.39, 0.29) is 16.1 Å². The van der Waals surface area contributed by atoms with Crippen LogP contribution in [0.2, 0.25) is 0 Å². The first kappa shape index (κ1) is 29.3. The van der Waals surface area contributed by atoms with Crippen molar-refractivity contribution in [1.82, 2.24) is 4.90 Å². The summed E-state index contributed by atoms with van der Waals surface area (Å²) in [7, 11) is -4.07. The molecule has 1 heterocycles. The second-order valence-electron chi connectivity index (χ2n) is 7.63. The van der Waals surface area contributed by atoms with Crippen molar-refractivity contribution in [2.75, 3.05) is 42.3 Å². The number of rotatable bonds is 7. The summed E-state index contributed by atoms with van der Waals surface area (Å²) in [6.07, 6.45) is -4.62. The van der Waals surface area contributed by atoms with Crippen LogP contribution in [0.4, 0.5) is 28.9 Å². The molecule has 0 amide bonds. The molecule has 0 atom stereocenters. The Balaban J connectivity index is 0.000000604. The highest BCUT2D eigenvalue weighted by Crippen LogP contribution is 2.27. The lowest BCUT2D eigenvalue weighted by Gasteiger charge is -2.36. The second kappa shape index (κ2) is 12.4. The zero-order chi connectivity index (χ0) is 27.8. The van der Waals surface area contributed by atoms with Crippen molar-refractivity contribution in [1.29, 1.82) is 5.26 Å². The first-order chi connectivity index (χ1) is 17.2. The fourth-order valence-electron chi connectivity index (χ4n) is 3.25. The Labute approximate surface area is 209 Å². The summed E-state index contributed by atoms with van der Waals surface area (Å²) >= 11 is 0. The Morgan fingerprint density at radius 1 is 1.03 bits per heavy atom. The summed E-state index contributed by atoms with van der Waals surface area (Å²) in [6, 6.07) is 10.9. The number of nitrogens with one attached hydrogen (secondary N) is 1. The van der Waals surface area contributed by atoms with Gasteiger partial charge in [0.1, 0.15) is 5.82 Å². The number of benzene rings is 2. The molecule has 3 rings (SSSR count). The molecule has 200 valence electrons. The van der Waals surface area contributed by atoms with Gasteiger partial charge in [0.15, 0.2) is 0 Å². The van der Waals surface area contributed by atoms with Crippen LogP contribution in [0.25, 0.3) is 0 Å². The lowest BCUT2D eigenvalue weighted by atomic mass is 10.1. The van der Waals surface area contributed by atoms with E-state index >= 15 is 0 Å². The van der Waals surface area contributed by atoms with Gasteiger partial charge < -0.3 is 15.1 Å². The summed E-state index contributed by atoms with van der Waals surface area (Å²) in [5.74, 6) is -4.59. The number of nitrogens with zero attached hydrogens (tertiary/aromatic N) is 3. The number of piperazine rings is 1. The molecule has 1 fully saturated rings. The SMILES string of the molecule is N#CCCN1CCN(c2ccc(NS(=O)(=O)c3ccc(F)cc3)c(C(=O)O)c2)CC1.O=C(O)C(F)(F)F. The second-order valence-corrected chi connectivity index (χ2v) is 9.32. The van der Waals surface area contributed by atoms with E-state index < -0.39 is 34.0 Å². The molecular formula is C22H22F4N4O6S. The highest BCUT2D eigenvalue weighted by molar-refractivity contribution is 7.92. The zero-order valence-corrected chi connectivity index (χ0v) is 19.9. The molecule has 0 spiro atoms. The number of hydrogen-bond donors (Lipinski definition) is 3. The number of hydrogen-bond acceptors (Lipinski definition) is 7. The van der Waals surface area contributed by atoms with E-state index in [0.29, 0.717) is 31.7 Å². The average molecular weight is 546 g/mol. The van der Waals surface area contributed by atoms with E-state index in [1.807, 2.05) is 4.90 Å². The number of anilines is 2. The maximum Gasteiger partial charge on any atom is 0.490 e. The highest BCUT2D eigenvalue weighted by Gasteiger charge is 2.38. The number of carboxylic acids is 2. The van der Waals surface area contributed by atoms with Gasteiger partial charge in [-0.05, 0) is 42.5 Å². The van der Waals surface area contributed by atoms with Gasteiger partial charge in [0.05, 0.1) is 22.2 Å². The van der Waals surface area contributed by atoms with Crippen LogP contribution in [0.1, 0.15) is 16.8 Å². The first-order valence-corrected chi connectivity index (χ1v) is 12.0. The van der Waals surface area contributed by atoms with Gasteiger partial charge in [0.2, 0.25) is 0 Å². The Bertz CT molecular complexity index is 1260. The summed E-state index contributed by atoms with van der Waals surface area (Å²) in [5.41, 5.74) is 0.436. The van der Waals surface area contributed by atoms with Crippen molar-refractivity contribution in [3.63, 3.8) is 0 Å². The smallest absolute Gasteiger partial charge is 0.478 e. The van der Waals surface area contributed by atoms with Crippen LogP contribution in [0.5, 0.6) is 0 Å². The molecule has 0 aromatic heterocycles. The van der Waals surface area contributed by atoms with Crippen molar-refractivity contribution in [3.8, 4) is 6.07 Å². The van der Waals surface area contributed by atoms with Gasteiger partial charge >= 0.3 is 18.1 Å². The van der Waals surface area contributed by atoms with Crippen molar-refractivity contribution in [3.05, 3.63) is 53.8 Å². The predicted molar refractivity (Wildman–Crippen MR) is 123 cm³/mol. The van der Waals surface area contributed by atoms with Crippen LogP contribution in [0, 0.1) is 17.1 Å². The molecular weight excluding hydrogens is 524 g/mol. The minimum absolute atomic E-state index is 0.0665. The standard InChI is InChI=1S/C20H21FN4O4S.C2HF3O2/c21-15-2-5-17(6-3-15)30(28,29)23-19-7-4-16(14-18(19)20(26)27)25-12-10-24(11-13-25)9-1-8-22;3-2(4,5)1(6)7/h2-7,14,23H,1,9-13H2,(H,26,27);(H,6,7). The number of halogens is 4. The van der Waals surface area contributed by atoms with Gasteiger partial charge in [-0.1, -0.05) is 0 Å². The lowest BCUT2D eigenvalue weighted by molar-refractivity contribution is -0.192. The number of carbonyl (C=O) groups is 2. The van der Waals surface area contributed by atoms with E-state index in [9.17, 15) is 35.9 Å². The van der Waals surface area contributed by atoms with Crippen LogP contribution in [0.3, 0.4) is 0 Å². The third kappa shape index (κ3) is 8.62. The summed E-state index contributed by atoms with van der Waals surface area (Å²) in [5, 5.41) is 25.4. The van der Waals surface area contributed by atoms with Crippen molar-refractivity contribution < 1.29 is 45.8 Å². The quantitative estimate of drug-likeness (QED) is 0.445. The van der Waals surface area contributed by atoms with Crippen LogP contribution in [-0.4, -0.2) is 74.4 Å². The molecule has 0 saturated carbocycles. The topological polar surface area (TPSA) is 151 Å². The largest absolute Gasteiger partial charge is 0.490 e. The molecule has 10 nitrogen and oxygen atoms in total. The van der Waals surface area contributed by atoms with Gasteiger partial charge in [-0.25, -0.2) is 22.4 Å². The van der Waals surface area contributed by atoms with E-state index in [4.69, 9.17) is 15.2 Å². The maximum absolute atomic E-state index is 13.1. The fraction of sp³-hybridized carbons (Fsp3) is 0.318. The molecule has 0 unspecified atom stereocenters. The number of alkyl halides is 3. The third-order valence-electron chi connectivity index (χ3n) is 5.12. The molecule has 2 aromatic rings. The summed E-state index contributed by atoms with van der Waals surface area (Å²) < 4.78 is 72.1. The number of aliphatic carboxylic acids is 1. The van der Waals surface area contributed by atoms with Gasteiger partial charge in [0.25, 0.3) is 10.0 Å². The molecule has 37 heavy (non-hydrogen) atoms. The van der Waals surface area contributed by atoms with Gasteiger partial charge in [-0.2, -0.15) is 18.4 Å². The van der Waals surface area contributed by atoms with Crippen LogP contribution >= 0.6 is 0 Å². The number of carboxylic acid groups (broad SMARTS) is 2. The first-order valence-electron chi connectivity index (χ1n) is 10.5. The lowest BCUT2D eigenvalue weighted by Crippen LogP contribution is -2.46. The predicted octanol–water partition coefficient (Wildman–Crippen LogP) is 2.99. The molecule has 0 radical (unpaired) electrons. The van der Waals surface area contributed by atoms with Crippen LogP contribution in [0.15, 0.2) is 47.4 Å². The van der Waals surface area contributed by atoms with E-state index in [1.54, 1.807) is 6.07 Å². The Morgan fingerprint density at radius 3 is 2.08 bits per heavy atom. The Kier molecular flexibility index (Phi) is 9.81. The molecule has 0 bridgehead atoms. The van der Waals surface area contributed by atoms with E-state index in [2.05, 4.69) is 15.7 Å². The molecule has 1 saturated heterocycles. The minimum Gasteiger partial charge on any atom is -0.478 e. The minimum atomic E-state index is -5.08. The molecule has 15 heteroatoms. The molecule has 1 aliphatic rings. The average Bonchev–Trinajstić information content (AvgIpc) is 2.83.